The third kappa shape index (κ3) is 4.15. The molecule has 6 heteroatoms. The van der Waals surface area contributed by atoms with E-state index in [2.05, 4.69) is 0 Å². The maximum atomic E-state index is 13.1. The van der Waals surface area contributed by atoms with Gasteiger partial charge in [0.15, 0.2) is 5.43 Å². The summed E-state index contributed by atoms with van der Waals surface area (Å²) >= 11 is 0. The maximum absolute atomic E-state index is 13.1. The van der Waals surface area contributed by atoms with Crippen LogP contribution in [0.4, 0.5) is 4.79 Å². The number of aryl methyl sites for hydroxylation is 1. The van der Waals surface area contributed by atoms with Crippen LogP contribution in [0, 0.1) is 6.92 Å². The molecule has 2 heterocycles. The van der Waals surface area contributed by atoms with E-state index in [1.54, 1.807) is 17.9 Å². The molecule has 0 saturated carbocycles. The summed E-state index contributed by atoms with van der Waals surface area (Å²) in [5.41, 5.74) is 2.62. The van der Waals surface area contributed by atoms with E-state index in [-0.39, 0.29) is 29.8 Å². The number of aromatic hydroxyl groups is 1. The summed E-state index contributed by atoms with van der Waals surface area (Å²) in [6, 6.07) is 12.8. The van der Waals surface area contributed by atoms with Crippen molar-refractivity contribution < 1.29 is 19.1 Å². The number of phenols is 1. The van der Waals surface area contributed by atoms with E-state index in [0.717, 1.165) is 5.56 Å². The molecule has 1 amide bonds. The predicted molar refractivity (Wildman–Crippen MR) is 118 cm³/mol. The van der Waals surface area contributed by atoms with Crippen molar-refractivity contribution in [1.29, 1.82) is 0 Å². The average Bonchev–Trinajstić information content (AvgIpc) is 2.80. The zero-order valence-electron chi connectivity index (χ0n) is 17.9. The van der Waals surface area contributed by atoms with Gasteiger partial charge in [0.2, 0.25) is 0 Å². The van der Waals surface area contributed by atoms with Crippen LogP contribution < -0.4 is 5.43 Å². The van der Waals surface area contributed by atoms with Crippen LogP contribution in [0.1, 0.15) is 48.1 Å². The summed E-state index contributed by atoms with van der Waals surface area (Å²) in [6.45, 7) is 5.04. The quantitative estimate of drug-likeness (QED) is 0.649. The van der Waals surface area contributed by atoms with Crippen molar-refractivity contribution >= 4 is 17.1 Å². The van der Waals surface area contributed by atoms with E-state index < -0.39 is 0 Å². The number of ether oxygens (including phenoxy) is 1. The molecule has 0 aliphatic carbocycles. The van der Waals surface area contributed by atoms with E-state index in [0.29, 0.717) is 60.2 Å². The molecule has 2 aromatic carbocycles. The van der Waals surface area contributed by atoms with Crippen LogP contribution in [0.25, 0.3) is 11.0 Å². The van der Waals surface area contributed by atoms with Gasteiger partial charge in [0.1, 0.15) is 23.7 Å². The second-order valence-electron chi connectivity index (χ2n) is 8.02. The minimum Gasteiger partial charge on any atom is -0.508 e. The number of benzene rings is 2. The summed E-state index contributed by atoms with van der Waals surface area (Å²) in [5.74, 6) is 0.847. The summed E-state index contributed by atoms with van der Waals surface area (Å²) in [5, 5.41) is 10.5. The molecule has 1 aliphatic rings. The molecule has 1 saturated heterocycles. The van der Waals surface area contributed by atoms with Crippen molar-refractivity contribution in [2.45, 2.75) is 45.6 Å². The Hall–Kier alpha value is -3.28. The summed E-state index contributed by atoms with van der Waals surface area (Å²) in [7, 11) is 0. The summed E-state index contributed by atoms with van der Waals surface area (Å²) < 4.78 is 11.7. The molecule has 31 heavy (non-hydrogen) atoms. The Morgan fingerprint density at radius 3 is 2.55 bits per heavy atom. The average molecular weight is 421 g/mol. The molecule has 0 unspecified atom stereocenters. The van der Waals surface area contributed by atoms with E-state index in [4.69, 9.17) is 9.15 Å². The Labute approximate surface area is 181 Å². The van der Waals surface area contributed by atoms with Crippen LogP contribution in [0.15, 0.2) is 51.7 Å². The molecule has 162 valence electrons. The van der Waals surface area contributed by atoms with Crippen molar-refractivity contribution in [1.82, 2.24) is 4.90 Å². The topological polar surface area (TPSA) is 80.0 Å². The highest BCUT2D eigenvalue weighted by molar-refractivity contribution is 5.82. The first kappa shape index (κ1) is 21.0. The summed E-state index contributed by atoms with van der Waals surface area (Å²) in [6.07, 6.45) is 1.64. The van der Waals surface area contributed by atoms with Crippen LogP contribution in [0.2, 0.25) is 0 Å². The minimum absolute atomic E-state index is 0.0356. The van der Waals surface area contributed by atoms with Crippen molar-refractivity contribution in [2.24, 2.45) is 0 Å². The van der Waals surface area contributed by atoms with E-state index in [1.807, 2.05) is 37.3 Å². The Morgan fingerprint density at radius 2 is 1.87 bits per heavy atom. The van der Waals surface area contributed by atoms with Crippen molar-refractivity contribution in [3.8, 4) is 5.75 Å². The van der Waals surface area contributed by atoms with Crippen LogP contribution in [0.5, 0.6) is 5.75 Å². The van der Waals surface area contributed by atoms with Gasteiger partial charge in [0.05, 0.1) is 5.39 Å². The highest BCUT2D eigenvalue weighted by Crippen LogP contribution is 2.34. The second kappa shape index (κ2) is 8.84. The van der Waals surface area contributed by atoms with E-state index in [9.17, 15) is 14.7 Å². The van der Waals surface area contributed by atoms with Crippen molar-refractivity contribution in [3.05, 3.63) is 75.1 Å². The molecule has 0 radical (unpaired) electrons. The third-order valence-corrected chi connectivity index (χ3v) is 6.09. The molecule has 1 fully saturated rings. The highest BCUT2D eigenvalue weighted by Gasteiger charge is 2.29. The first-order chi connectivity index (χ1) is 15.0. The van der Waals surface area contributed by atoms with Gasteiger partial charge in [-0.1, -0.05) is 37.3 Å². The number of phenolic OH excluding ortho intramolecular Hbond substituents is 1. The number of carbonyl (C=O) groups is 1. The molecule has 3 aromatic rings. The van der Waals surface area contributed by atoms with Crippen molar-refractivity contribution in [2.75, 3.05) is 13.1 Å². The number of fused-ring (bicyclic) bond motifs is 1. The lowest BCUT2D eigenvalue weighted by Gasteiger charge is -2.31. The smallest absolute Gasteiger partial charge is 0.410 e. The monoisotopic (exact) mass is 421 g/mol. The van der Waals surface area contributed by atoms with E-state index >= 15 is 0 Å². The van der Waals surface area contributed by atoms with Gasteiger partial charge in [-0.15, -0.1) is 0 Å². The van der Waals surface area contributed by atoms with Gasteiger partial charge in [0, 0.05) is 30.1 Å². The molecule has 0 spiro atoms. The fraction of sp³-hybridized carbons (Fsp3) is 0.360. The SMILES string of the molecule is CCc1c(C2CCN(C(=O)OCc3ccccc3)CC2)oc2c(C)c(O)ccc2c1=O. The predicted octanol–water partition coefficient (Wildman–Crippen LogP) is 4.89. The molecule has 1 aromatic heterocycles. The zero-order valence-corrected chi connectivity index (χ0v) is 17.9. The number of carbonyl (C=O) groups excluding carboxylic acids is 1. The van der Waals surface area contributed by atoms with Gasteiger partial charge in [0.25, 0.3) is 0 Å². The van der Waals surface area contributed by atoms with Crippen molar-refractivity contribution in [3.63, 3.8) is 0 Å². The fourth-order valence-electron chi connectivity index (χ4n) is 4.24. The number of hydrogen-bond donors (Lipinski definition) is 1. The number of amides is 1. The first-order valence-corrected chi connectivity index (χ1v) is 10.7. The standard InChI is InChI=1S/C25H27NO5/c1-3-19-22(28)20-9-10-21(27)16(2)23(20)31-24(19)18-11-13-26(14-12-18)25(29)30-15-17-7-5-4-6-8-17/h4-10,18,27H,3,11-15H2,1-2H3. The second-order valence-corrected chi connectivity index (χ2v) is 8.02. The highest BCUT2D eigenvalue weighted by atomic mass is 16.6. The lowest BCUT2D eigenvalue weighted by atomic mass is 9.90. The zero-order chi connectivity index (χ0) is 22.0. The van der Waals surface area contributed by atoms with Crippen LogP contribution in [0.3, 0.4) is 0 Å². The third-order valence-electron chi connectivity index (χ3n) is 6.09. The Morgan fingerprint density at radius 1 is 1.16 bits per heavy atom. The lowest BCUT2D eigenvalue weighted by Crippen LogP contribution is -2.38. The molecule has 4 rings (SSSR count). The Balaban J connectivity index is 1.50. The number of nitrogens with zero attached hydrogens (tertiary/aromatic N) is 1. The van der Waals surface area contributed by atoms with Crippen LogP contribution in [-0.2, 0) is 17.8 Å². The van der Waals surface area contributed by atoms with Gasteiger partial charge in [-0.2, -0.15) is 0 Å². The molecule has 1 N–H and O–H groups in total. The Kier molecular flexibility index (Phi) is 5.98. The van der Waals surface area contributed by atoms with Gasteiger partial charge in [-0.05, 0) is 43.9 Å². The summed E-state index contributed by atoms with van der Waals surface area (Å²) in [4.78, 5) is 27.2. The van der Waals surface area contributed by atoms with Gasteiger partial charge in [-0.3, -0.25) is 4.79 Å². The molecular formula is C25H27NO5. The molecule has 0 bridgehead atoms. The van der Waals surface area contributed by atoms with Crippen LogP contribution >= 0.6 is 0 Å². The number of likely N-dealkylation sites (tertiary alicyclic amines) is 1. The lowest BCUT2D eigenvalue weighted by molar-refractivity contribution is 0.0858. The van der Waals surface area contributed by atoms with Crippen LogP contribution in [-0.4, -0.2) is 29.2 Å². The normalized spacial score (nSPS) is 14.7. The number of piperidine rings is 1. The van der Waals surface area contributed by atoms with Gasteiger partial charge >= 0.3 is 6.09 Å². The van der Waals surface area contributed by atoms with E-state index in [1.165, 1.54) is 6.07 Å². The largest absolute Gasteiger partial charge is 0.508 e. The Bertz CT molecular complexity index is 1140. The van der Waals surface area contributed by atoms with Gasteiger partial charge < -0.3 is 19.2 Å². The number of rotatable bonds is 4. The molecule has 1 aliphatic heterocycles. The fourth-order valence-corrected chi connectivity index (χ4v) is 4.24. The van der Waals surface area contributed by atoms with Gasteiger partial charge in [-0.25, -0.2) is 4.79 Å². The molecule has 6 nitrogen and oxygen atoms in total. The molecule has 0 atom stereocenters. The number of hydrogen-bond acceptors (Lipinski definition) is 5. The minimum atomic E-state index is -0.321. The first-order valence-electron chi connectivity index (χ1n) is 10.7. The maximum Gasteiger partial charge on any atom is 0.410 e. The molecular weight excluding hydrogens is 394 g/mol.